The summed E-state index contributed by atoms with van der Waals surface area (Å²) in [5.74, 6) is -2.01. The molecule has 11 heteroatoms. The Balaban J connectivity index is 1.38. The molecule has 48 heavy (non-hydrogen) atoms. The first kappa shape index (κ1) is 33.0. The highest BCUT2D eigenvalue weighted by Crippen LogP contribution is 2.45. The summed E-state index contributed by atoms with van der Waals surface area (Å²) in [6.45, 7) is 5.96. The Morgan fingerprint density at radius 2 is 1.98 bits per heavy atom. The van der Waals surface area contributed by atoms with E-state index < -0.39 is 53.5 Å². The maximum Gasteiger partial charge on any atom is 0.407 e. The van der Waals surface area contributed by atoms with Gasteiger partial charge in [-0.2, -0.15) is 0 Å². The van der Waals surface area contributed by atoms with Crippen molar-refractivity contribution in [2.24, 2.45) is 5.92 Å². The average Bonchev–Trinajstić information content (AvgIpc) is 3.65. The summed E-state index contributed by atoms with van der Waals surface area (Å²) in [5, 5.41) is 16.3. The van der Waals surface area contributed by atoms with Gasteiger partial charge < -0.3 is 30.1 Å². The number of aliphatic carboxylic acids is 1. The van der Waals surface area contributed by atoms with Crippen molar-refractivity contribution in [3.63, 3.8) is 0 Å². The molecule has 11 nitrogen and oxygen atoms in total. The van der Waals surface area contributed by atoms with Gasteiger partial charge in [-0.25, -0.2) is 14.6 Å². The quantitative estimate of drug-likeness (QED) is 0.287. The van der Waals surface area contributed by atoms with Crippen LogP contribution in [0.1, 0.15) is 57.4 Å². The number of hydrogen-bond donors (Lipinski definition) is 3. The maximum atomic E-state index is 14.2. The monoisotopic (exact) mass is 654 g/mol. The lowest BCUT2D eigenvalue weighted by Crippen LogP contribution is -2.56. The lowest BCUT2D eigenvalue weighted by Gasteiger charge is -2.29. The molecule has 1 aromatic heterocycles. The molecule has 2 fully saturated rings. The Kier molecular flexibility index (Phi) is 9.66. The number of alkyl carbamates (subject to hydrolysis) is 1. The van der Waals surface area contributed by atoms with E-state index in [1.165, 1.54) is 11.0 Å². The molecule has 1 saturated heterocycles. The molecule has 3 aliphatic rings. The van der Waals surface area contributed by atoms with Crippen LogP contribution in [0.2, 0.25) is 0 Å². The molecular formula is C37H42N4O7. The van der Waals surface area contributed by atoms with Gasteiger partial charge in [-0.3, -0.25) is 9.59 Å². The van der Waals surface area contributed by atoms with E-state index in [2.05, 4.69) is 23.3 Å². The number of benzene rings is 2. The number of fused-ring (bicyclic) bond motifs is 3. The normalized spacial score (nSPS) is 25.8. The van der Waals surface area contributed by atoms with Crippen molar-refractivity contribution in [3.8, 4) is 17.0 Å². The molecule has 252 valence electrons. The van der Waals surface area contributed by atoms with Gasteiger partial charge in [-0.15, -0.1) is 6.58 Å². The molecule has 0 radical (unpaired) electrons. The minimum Gasteiger partial charge on any atom is -0.488 e. The lowest BCUT2D eigenvalue weighted by molar-refractivity contribution is -0.145. The largest absolute Gasteiger partial charge is 0.488 e. The molecule has 3 heterocycles. The molecule has 2 aromatic carbocycles. The molecule has 0 spiro atoms. The first-order valence-electron chi connectivity index (χ1n) is 16.8. The number of carboxylic acid groups (broad SMARTS) is 1. The lowest BCUT2D eigenvalue weighted by atomic mass is 10.0. The standard InChI is InChI=1S/C37H42N4O7/c1-3-5-14-29-34(43)41-22-26(19-31(41)33(42)40-37(35(44)45)21-25(37)4-2)48-32-20-30(24-12-7-6-8-13-24)38-28-16-15-23(18-27(28)32)11-9-10-17-47-36(46)39-29/h4,6-8,12-13,15-16,18,20,25-26,29,31H,2-3,5,9-11,14,17,19,21-22H2,1H3,(H,39,46)(H,40,42)(H,44,45)/t25-,26-,29+,31+,37-/m1/s1. The summed E-state index contributed by atoms with van der Waals surface area (Å²) in [6.07, 6.45) is 4.58. The van der Waals surface area contributed by atoms with Gasteiger partial charge in [0.25, 0.3) is 0 Å². The Bertz CT molecular complexity index is 1710. The topological polar surface area (TPSA) is 147 Å². The van der Waals surface area contributed by atoms with Crippen molar-refractivity contribution < 1.29 is 33.8 Å². The van der Waals surface area contributed by atoms with Crippen molar-refractivity contribution >= 4 is 34.8 Å². The molecule has 2 aliphatic heterocycles. The number of nitrogens with zero attached hydrogens (tertiary/aromatic N) is 2. The van der Waals surface area contributed by atoms with Crippen LogP contribution in [0.4, 0.5) is 4.79 Å². The van der Waals surface area contributed by atoms with Gasteiger partial charge in [0, 0.05) is 29.4 Å². The van der Waals surface area contributed by atoms with Gasteiger partial charge in [0.1, 0.15) is 29.5 Å². The number of carbonyl (C=O) groups excluding carboxylic acids is 3. The molecule has 5 atom stereocenters. The zero-order valence-electron chi connectivity index (χ0n) is 27.2. The van der Waals surface area contributed by atoms with Gasteiger partial charge in [-0.1, -0.05) is 62.2 Å². The van der Waals surface area contributed by atoms with Crippen LogP contribution in [-0.4, -0.2) is 75.7 Å². The van der Waals surface area contributed by atoms with E-state index in [1.807, 2.05) is 55.5 Å². The number of pyridine rings is 1. The molecule has 0 unspecified atom stereocenters. The SMILES string of the molecule is C=C[C@@H]1C[C@]1(NC(=O)[C@@H]1C[C@@H]2CN1C(=O)[C@H](CCCC)NC(=O)OCCCCc1ccc3nc(-c4ccccc4)cc(c3c1)O2)C(=O)O. The van der Waals surface area contributed by atoms with Crippen LogP contribution in [-0.2, 0) is 25.5 Å². The highest BCUT2D eigenvalue weighted by Gasteiger charge is 2.61. The van der Waals surface area contributed by atoms with E-state index in [0.717, 1.165) is 47.0 Å². The number of nitrogens with one attached hydrogen (secondary N) is 2. The summed E-state index contributed by atoms with van der Waals surface area (Å²) in [4.78, 5) is 59.5. The second-order valence-electron chi connectivity index (χ2n) is 12.9. The number of hydrogen-bond acceptors (Lipinski definition) is 7. The Morgan fingerprint density at radius 1 is 1.17 bits per heavy atom. The van der Waals surface area contributed by atoms with Crippen LogP contribution in [0.3, 0.4) is 0 Å². The van der Waals surface area contributed by atoms with Crippen LogP contribution < -0.4 is 15.4 Å². The third kappa shape index (κ3) is 6.86. The molecule has 4 bridgehead atoms. The molecule has 6 rings (SSSR count). The fraction of sp³-hybridized carbons (Fsp3) is 0.432. The van der Waals surface area contributed by atoms with Gasteiger partial charge in [0.2, 0.25) is 11.8 Å². The first-order valence-corrected chi connectivity index (χ1v) is 16.8. The number of ether oxygens (including phenoxy) is 2. The van der Waals surface area contributed by atoms with Gasteiger partial charge in [-0.05, 0) is 49.8 Å². The maximum absolute atomic E-state index is 14.2. The molecule has 1 saturated carbocycles. The highest BCUT2D eigenvalue weighted by molar-refractivity contribution is 5.96. The molecule has 3 N–H and O–H groups in total. The van der Waals surface area contributed by atoms with E-state index in [4.69, 9.17) is 14.5 Å². The number of amides is 3. The van der Waals surface area contributed by atoms with Crippen molar-refractivity contribution in [3.05, 3.63) is 72.8 Å². The van der Waals surface area contributed by atoms with Crippen molar-refractivity contribution in [1.29, 1.82) is 0 Å². The van der Waals surface area contributed by atoms with E-state index in [9.17, 15) is 24.3 Å². The summed E-state index contributed by atoms with van der Waals surface area (Å²) in [6, 6.07) is 15.8. The van der Waals surface area contributed by atoms with E-state index in [1.54, 1.807) is 0 Å². The smallest absolute Gasteiger partial charge is 0.407 e. The summed E-state index contributed by atoms with van der Waals surface area (Å²) < 4.78 is 12.2. The zero-order chi connectivity index (χ0) is 33.8. The Labute approximate surface area is 279 Å². The number of carbonyl (C=O) groups is 4. The van der Waals surface area contributed by atoms with Crippen molar-refractivity contribution in [2.75, 3.05) is 13.2 Å². The van der Waals surface area contributed by atoms with Crippen LogP contribution in [0.15, 0.2) is 67.3 Å². The van der Waals surface area contributed by atoms with Crippen LogP contribution in [0.25, 0.3) is 22.2 Å². The molecule has 3 amide bonds. The number of carboxylic acids is 1. The number of aryl methyl sites for hydroxylation is 1. The Morgan fingerprint density at radius 3 is 2.71 bits per heavy atom. The van der Waals surface area contributed by atoms with Crippen LogP contribution >= 0.6 is 0 Å². The van der Waals surface area contributed by atoms with E-state index >= 15 is 0 Å². The predicted molar refractivity (Wildman–Crippen MR) is 179 cm³/mol. The second-order valence-corrected chi connectivity index (χ2v) is 12.9. The van der Waals surface area contributed by atoms with E-state index in [-0.39, 0.29) is 26.0 Å². The minimum atomic E-state index is -1.47. The van der Waals surface area contributed by atoms with Crippen LogP contribution in [0.5, 0.6) is 5.75 Å². The third-order valence-corrected chi connectivity index (χ3v) is 9.60. The van der Waals surface area contributed by atoms with E-state index in [0.29, 0.717) is 25.0 Å². The fourth-order valence-electron chi connectivity index (χ4n) is 6.77. The summed E-state index contributed by atoms with van der Waals surface area (Å²) in [7, 11) is 0. The predicted octanol–water partition coefficient (Wildman–Crippen LogP) is 5.02. The van der Waals surface area contributed by atoms with Crippen LogP contribution in [0, 0.1) is 5.92 Å². The fourth-order valence-corrected chi connectivity index (χ4v) is 6.77. The third-order valence-electron chi connectivity index (χ3n) is 9.60. The summed E-state index contributed by atoms with van der Waals surface area (Å²) in [5.41, 5.74) is 2.01. The van der Waals surface area contributed by atoms with Gasteiger partial charge >= 0.3 is 12.1 Å². The minimum absolute atomic E-state index is 0.0609. The zero-order valence-corrected chi connectivity index (χ0v) is 27.2. The molecule has 1 aliphatic carbocycles. The summed E-state index contributed by atoms with van der Waals surface area (Å²) >= 11 is 0. The first-order chi connectivity index (χ1) is 23.2. The number of cyclic esters (lactones) is 1. The Hall–Kier alpha value is -4.93. The van der Waals surface area contributed by atoms with Crippen molar-refractivity contribution in [2.45, 2.75) is 82.0 Å². The van der Waals surface area contributed by atoms with Gasteiger partial charge in [0.05, 0.1) is 24.4 Å². The second kappa shape index (κ2) is 14.0. The highest BCUT2D eigenvalue weighted by atomic mass is 16.5. The van der Waals surface area contributed by atoms with Gasteiger partial charge in [0.15, 0.2) is 0 Å². The number of unbranched alkanes of at least 4 members (excludes halogenated alkanes) is 1. The molecule has 3 aromatic rings. The average molecular weight is 655 g/mol. The molecular weight excluding hydrogens is 612 g/mol. The van der Waals surface area contributed by atoms with Crippen molar-refractivity contribution in [1.82, 2.24) is 20.5 Å². The number of rotatable bonds is 8. The number of aromatic nitrogens is 1.